The summed E-state index contributed by atoms with van der Waals surface area (Å²) in [4.78, 5) is 0. The zero-order valence-electron chi connectivity index (χ0n) is 12.9. The van der Waals surface area contributed by atoms with Crippen LogP contribution in [-0.2, 0) is 4.74 Å². The number of hydrogen-bond donors (Lipinski definition) is 1. The molecule has 108 valence electrons. The molecule has 0 amide bonds. The molecule has 0 saturated heterocycles. The van der Waals surface area contributed by atoms with Gasteiger partial charge in [-0.3, -0.25) is 0 Å². The minimum absolute atomic E-state index is 0.313. The Balaban J connectivity index is 2.54. The predicted molar refractivity (Wildman–Crippen MR) is 82.5 cm³/mol. The van der Waals surface area contributed by atoms with E-state index in [4.69, 9.17) is 4.74 Å². The van der Waals surface area contributed by atoms with Crippen LogP contribution in [0.4, 0.5) is 0 Å². The third-order valence-electron chi connectivity index (χ3n) is 3.33. The van der Waals surface area contributed by atoms with Gasteiger partial charge in [0.2, 0.25) is 0 Å². The molecule has 0 aromatic heterocycles. The fraction of sp³-hybridized carbons (Fsp3) is 0.647. The first-order valence-electron chi connectivity index (χ1n) is 7.51. The van der Waals surface area contributed by atoms with Crippen LogP contribution in [-0.4, -0.2) is 19.8 Å². The summed E-state index contributed by atoms with van der Waals surface area (Å²) in [5.41, 5.74) is 2.70. The maximum Gasteiger partial charge on any atom is 0.0661 e. The van der Waals surface area contributed by atoms with Gasteiger partial charge in [-0.05, 0) is 43.4 Å². The molecular formula is C17H29NO. The van der Waals surface area contributed by atoms with Crippen LogP contribution in [0.2, 0.25) is 0 Å². The molecule has 0 saturated carbocycles. The molecule has 0 fully saturated rings. The van der Waals surface area contributed by atoms with Crippen molar-refractivity contribution in [3.8, 4) is 0 Å². The van der Waals surface area contributed by atoms with Gasteiger partial charge in [-0.15, -0.1) is 0 Å². The Morgan fingerprint density at radius 3 is 2.58 bits per heavy atom. The minimum Gasteiger partial charge on any atom is -0.379 e. The first-order valence-corrected chi connectivity index (χ1v) is 7.51. The summed E-state index contributed by atoms with van der Waals surface area (Å²) in [7, 11) is 0. The van der Waals surface area contributed by atoms with E-state index in [1.165, 1.54) is 11.1 Å². The molecule has 1 aromatic rings. The maximum atomic E-state index is 5.85. The monoisotopic (exact) mass is 263 g/mol. The van der Waals surface area contributed by atoms with Crippen LogP contribution < -0.4 is 5.32 Å². The lowest BCUT2D eigenvalue weighted by molar-refractivity contribution is 0.102. The third kappa shape index (κ3) is 6.22. The van der Waals surface area contributed by atoms with Crippen molar-refractivity contribution in [1.29, 1.82) is 0 Å². The van der Waals surface area contributed by atoms with Gasteiger partial charge < -0.3 is 10.1 Å². The third-order valence-corrected chi connectivity index (χ3v) is 3.33. The van der Waals surface area contributed by atoms with Crippen molar-refractivity contribution >= 4 is 0 Å². The van der Waals surface area contributed by atoms with E-state index in [1.807, 2.05) is 0 Å². The van der Waals surface area contributed by atoms with Crippen LogP contribution in [0.1, 0.15) is 50.8 Å². The lowest BCUT2D eigenvalue weighted by Crippen LogP contribution is -2.27. The number of benzene rings is 1. The van der Waals surface area contributed by atoms with Gasteiger partial charge in [0.1, 0.15) is 0 Å². The molecule has 2 heteroatoms. The molecule has 19 heavy (non-hydrogen) atoms. The van der Waals surface area contributed by atoms with Crippen molar-refractivity contribution in [2.75, 3.05) is 19.8 Å². The number of hydrogen-bond acceptors (Lipinski definition) is 2. The second kappa shape index (κ2) is 9.11. The van der Waals surface area contributed by atoms with E-state index in [-0.39, 0.29) is 0 Å². The largest absolute Gasteiger partial charge is 0.379 e. The molecule has 1 atom stereocenters. The minimum atomic E-state index is 0.313. The highest BCUT2D eigenvalue weighted by atomic mass is 16.5. The Morgan fingerprint density at radius 1 is 1.21 bits per heavy atom. The summed E-state index contributed by atoms with van der Waals surface area (Å²) in [6.07, 6.45) is 2.28. The fourth-order valence-corrected chi connectivity index (χ4v) is 2.08. The number of rotatable bonds is 9. The van der Waals surface area contributed by atoms with Gasteiger partial charge in [0, 0.05) is 6.61 Å². The number of nitrogens with one attached hydrogen (secondary N) is 1. The van der Waals surface area contributed by atoms with Crippen molar-refractivity contribution in [1.82, 2.24) is 5.32 Å². The van der Waals surface area contributed by atoms with Gasteiger partial charge in [-0.1, -0.05) is 45.0 Å². The lowest BCUT2D eigenvalue weighted by atomic mass is 10.0. The average Bonchev–Trinajstić information content (AvgIpc) is 2.39. The average molecular weight is 263 g/mol. The SMILES string of the molecule is CCCNC(COCCC(C)C)c1ccccc1C. The molecule has 1 rings (SSSR count). The molecular weight excluding hydrogens is 234 g/mol. The first kappa shape index (κ1) is 16.2. The van der Waals surface area contributed by atoms with Gasteiger partial charge >= 0.3 is 0 Å². The highest BCUT2D eigenvalue weighted by Gasteiger charge is 2.12. The molecule has 0 heterocycles. The van der Waals surface area contributed by atoms with Crippen LogP contribution in [0.3, 0.4) is 0 Å². The zero-order valence-corrected chi connectivity index (χ0v) is 12.9. The molecule has 1 unspecified atom stereocenters. The second-order valence-corrected chi connectivity index (χ2v) is 5.62. The van der Waals surface area contributed by atoms with Crippen molar-refractivity contribution in [2.24, 2.45) is 5.92 Å². The summed E-state index contributed by atoms with van der Waals surface area (Å²) in [6, 6.07) is 8.89. The van der Waals surface area contributed by atoms with Gasteiger partial charge in [0.15, 0.2) is 0 Å². The van der Waals surface area contributed by atoms with E-state index in [9.17, 15) is 0 Å². The van der Waals surface area contributed by atoms with E-state index in [0.29, 0.717) is 12.0 Å². The van der Waals surface area contributed by atoms with Crippen LogP contribution in [0.15, 0.2) is 24.3 Å². The van der Waals surface area contributed by atoms with Gasteiger partial charge in [0.05, 0.1) is 12.6 Å². The summed E-state index contributed by atoms with van der Waals surface area (Å²) in [5, 5.41) is 3.59. The van der Waals surface area contributed by atoms with Crippen molar-refractivity contribution < 1.29 is 4.74 Å². The molecule has 0 spiro atoms. The van der Waals surface area contributed by atoms with E-state index in [1.54, 1.807) is 0 Å². The highest BCUT2D eigenvalue weighted by Crippen LogP contribution is 2.18. The Kier molecular flexibility index (Phi) is 7.76. The Morgan fingerprint density at radius 2 is 1.95 bits per heavy atom. The van der Waals surface area contributed by atoms with Gasteiger partial charge in [0.25, 0.3) is 0 Å². The Bertz CT molecular complexity index is 349. The fourth-order valence-electron chi connectivity index (χ4n) is 2.08. The standard InChI is InChI=1S/C17H29NO/c1-5-11-18-17(13-19-12-10-14(2)3)16-9-7-6-8-15(16)4/h6-9,14,17-18H,5,10-13H2,1-4H3. The molecule has 0 aliphatic carbocycles. The van der Waals surface area contributed by atoms with Gasteiger partial charge in [-0.25, -0.2) is 0 Å². The molecule has 0 aliphatic heterocycles. The summed E-state index contributed by atoms with van der Waals surface area (Å²) in [6.45, 7) is 11.5. The van der Waals surface area contributed by atoms with Crippen LogP contribution in [0.25, 0.3) is 0 Å². The van der Waals surface area contributed by atoms with Crippen LogP contribution in [0.5, 0.6) is 0 Å². The highest BCUT2D eigenvalue weighted by molar-refractivity contribution is 5.28. The van der Waals surface area contributed by atoms with Gasteiger partial charge in [-0.2, -0.15) is 0 Å². The van der Waals surface area contributed by atoms with E-state index in [2.05, 4.69) is 57.3 Å². The summed E-state index contributed by atoms with van der Waals surface area (Å²) < 4.78 is 5.85. The molecule has 0 aliphatic rings. The predicted octanol–water partition coefficient (Wildman–Crippen LogP) is 4.10. The second-order valence-electron chi connectivity index (χ2n) is 5.62. The van der Waals surface area contributed by atoms with E-state index >= 15 is 0 Å². The maximum absolute atomic E-state index is 5.85. The molecule has 1 aromatic carbocycles. The quantitative estimate of drug-likeness (QED) is 0.677. The van der Waals surface area contributed by atoms with E-state index in [0.717, 1.165) is 32.6 Å². The van der Waals surface area contributed by atoms with Crippen LogP contribution in [0, 0.1) is 12.8 Å². The van der Waals surface area contributed by atoms with Crippen LogP contribution >= 0.6 is 0 Å². The molecule has 0 radical (unpaired) electrons. The molecule has 0 bridgehead atoms. The Labute approximate surface area is 118 Å². The number of aryl methyl sites for hydroxylation is 1. The van der Waals surface area contributed by atoms with Crippen molar-refractivity contribution in [3.63, 3.8) is 0 Å². The molecule has 2 nitrogen and oxygen atoms in total. The van der Waals surface area contributed by atoms with Crippen molar-refractivity contribution in [3.05, 3.63) is 35.4 Å². The lowest BCUT2D eigenvalue weighted by Gasteiger charge is -2.21. The zero-order chi connectivity index (χ0) is 14.1. The first-order chi connectivity index (χ1) is 9.15. The Hall–Kier alpha value is -0.860. The normalized spacial score (nSPS) is 12.9. The summed E-state index contributed by atoms with van der Waals surface area (Å²) >= 11 is 0. The number of ether oxygens (including phenoxy) is 1. The molecule has 1 N–H and O–H groups in total. The van der Waals surface area contributed by atoms with Crippen molar-refractivity contribution in [2.45, 2.75) is 46.6 Å². The smallest absolute Gasteiger partial charge is 0.0661 e. The topological polar surface area (TPSA) is 21.3 Å². The summed E-state index contributed by atoms with van der Waals surface area (Å²) in [5.74, 6) is 0.709. The van der Waals surface area contributed by atoms with E-state index < -0.39 is 0 Å².